The molecule has 1 saturated heterocycles. The predicted molar refractivity (Wildman–Crippen MR) is 102 cm³/mol. The van der Waals surface area contributed by atoms with Crippen molar-refractivity contribution in [3.63, 3.8) is 0 Å². The van der Waals surface area contributed by atoms with Crippen LogP contribution in [0.4, 0.5) is 0 Å². The molecule has 0 unspecified atom stereocenters. The van der Waals surface area contributed by atoms with Crippen LogP contribution < -0.4 is 0 Å². The highest BCUT2D eigenvalue weighted by atomic mass is 16.3. The molecule has 2 N–H and O–H groups in total. The fraction of sp³-hybridized carbons (Fsp3) is 0.727. The summed E-state index contributed by atoms with van der Waals surface area (Å²) in [5.41, 5.74) is 0.652. The normalized spacial score (nSPS) is 31.6. The van der Waals surface area contributed by atoms with Gasteiger partial charge in [-0.15, -0.1) is 0 Å². The van der Waals surface area contributed by atoms with E-state index in [0.717, 1.165) is 38.3 Å². The largest absolute Gasteiger partial charge is 0.393 e. The first-order chi connectivity index (χ1) is 11.9. The van der Waals surface area contributed by atoms with Crippen LogP contribution in [0.2, 0.25) is 0 Å². The smallest absolute Gasteiger partial charge is 0.0798 e. The van der Waals surface area contributed by atoms with Crippen molar-refractivity contribution in [1.82, 2.24) is 4.90 Å². The summed E-state index contributed by atoms with van der Waals surface area (Å²) in [5, 5.41) is 21.5. The number of nitrogens with zero attached hydrogens (tertiary/aromatic N) is 1. The van der Waals surface area contributed by atoms with Crippen LogP contribution in [0.3, 0.4) is 0 Å². The molecule has 25 heavy (non-hydrogen) atoms. The zero-order chi connectivity index (χ0) is 17.9. The van der Waals surface area contributed by atoms with Gasteiger partial charge in [-0.05, 0) is 69.5 Å². The number of piperidine rings is 1. The second kappa shape index (κ2) is 8.20. The Morgan fingerprint density at radius 3 is 2.40 bits per heavy atom. The number of likely N-dealkylation sites (tertiary alicyclic amines) is 1. The van der Waals surface area contributed by atoms with Crippen molar-refractivity contribution in [2.45, 2.75) is 64.1 Å². The summed E-state index contributed by atoms with van der Waals surface area (Å²) in [5.74, 6) is 1.35. The topological polar surface area (TPSA) is 43.7 Å². The van der Waals surface area contributed by atoms with E-state index in [2.05, 4.69) is 42.2 Å². The molecule has 0 radical (unpaired) electrons. The molecule has 2 aliphatic rings. The van der Waals surface area contributed by atoms with Crippen molar-refractivity contribution in [2.24, 2.45) is 17.8 Å². The highest BCUT2D eigenvalue weighted by Gasteiger charge is 2.41. The van der Waals surface area contributed by atoms with Gasteiger partial charge in [-0.2, -0.15) is 0 Å². The Balaban J connectivity index is 1.48. The van der Waals surface area contributed by atoms with Crippen molar-refractivity contribution in [2.75, 3.05) is 19.6 Å². The van der Waals surface area contributed by atoms with Crippen molar-refractivity contribution in [3.05, 3.63) is 35.9 Å². The lowest BCUT2D eigenvalue weighted by Gasteiger charge is -2.44. The van der Waals surface area contributed by atoms with Crippen LogP contribution in [0.25, 0.3) is 0 Å². The molecule has 3 rings (SSSR count). The molecule has 1 aliphatic heterocycles. The number of aliphatic hydroxyl groups is 2. The SMILES string of the molecule is C[C@@H]1CC[C@@H]([C@](C)(O)CN2CCC(Cc3ccccc3)CC2)[C@H](O)C1. The average molecular weight is 346 g/mol. The lowest BCUT2D eigenvalue weighted by molar-refractivity contribution is -0.100. The molecule has 0 spiro atoms. The fourth-order valence-electron chi connectivity index (χ4n) is 4.94. The molecule has 1 aromatic carbocycles. The summed E-state index contributed by atoms with van der Waals surface area (Å²) in [6.45, 7) is 6.96. The molecular formula is C22H35NO2. The summed E-state index contributed by atoms with van der Waals surface area (Å²) < 4.78 is 0. The number of aliphatic hydroxyl groups excluding tert-OH is 1. The highest BCUT2D eigenvalue weighted by Crippen LogP contribution is 2.36. The summed E-state index contributed by atoms with van der Waals surface area (Å²) in [7, 11) is 0. The molecule has 1 saturated carbocycles. The minimum atomic E-state index is -0.786. The number of rotatable bonds is 5. The van der Waals surface area contributed by atoms with Crippen molar-refractivity contribution >= 4 is 0 Å². The van der Waals surface area contributed by atoms with Crippen molar-refractivity contribution in [1.29, 1.82) is 0 Å². The van der Waals surface area contributed by atoms with Crippen LogP contribution in [0, 0.1) is 17.8 Å². The van der Waals surface area contributed by atoms with Crippen molar-refractivity contribution in [3.8, 4) is 0 Å². The van der Waals surface area contributed by atoms with E-state index < -0.39 is 5.60 Å². The van der Waals surface area contributed by atoms with E-state index in [4.69, 9.17) is 0 Å². The van der Waals surface area contributed by atoms with E-state index >= 15 is 0 Å². The zero-order valence-corrected chi connectivity index (χ0v) is 15.9. The standard InChI is InChI=1S/C22H35NO2/c1-17-8-9-20(21(24)14-17)22(2,25)16-23-12-10-19(11-13-23)15-18-6-4-3-5-7-18/h3-7,17,19-21,24-25H,8-16H2,1-2H3/t17-,20-,21-,22-/m1/s1. The summed E-state index contributed by atoms with van der Waals surface area (Å²) >= 11 is 0. The quantitative estimate of drug-likeness (QED) is 0.858. The molecule has 3 nitrogen and oxygen atoms in total. The van der Waals surface area contributed by atoms with Gasteiger partial charge in [0.1, 0.15) is 0 Å². The maximum Gasteiger partial charge on any atom is 0.0798 e. The second-order valence-electron chi connectivity index (χ2n) is 8.86. The summed E-state index contributed by atoms with van der Waals surface area (Å²) in [6.07, 6.45) is 6.13. The average Bonchev–Trinajstić information content (AvgIpc) is 2.57. The van der Waals surface area contributed by atoms with E-state index in [1.54, 1.807) is 0 Å². The summed E-state index contributed by atoms with van der Waals surface area (Å²) in [4.78, 5) is 2.41. The Morgan fingerprint density at radius 1 is 1.08 bits per heavy atom. The van der Waals surface area contributed by atoms with Crippen LogP contribution in [0.15, 0.2) is 30.3 Å². The van der Waals surface area contributed by atoms with Gasteiger partial charge in [-0.25, -0.2) is 0 Å². The zero-order valence-electron chi connectivity index (χ0n) is 15.9. The van der Waals surface area contributed by atoms with Crippen LogP contribution in [-0.2, 0) is 6.42 Å². The molecule has 1 aromatic rings. The van der Waals surface area contributed by atoms with E-state index in [1.807, 2.05) is 6.92 Å². The Kier molecular flexibility index (Phi) is 6.19. The molecule has 0 amide bonds. The Bertz CT molecular complexity index is 522. The molecule has 140 valence electrons. The molecule has 2 fully saturated rings. The first-order valence-corrected chi connectivity index (χ1v) is 10.1. The van der Waals surface area contributed by atoms with Gasteiger partial charge in [-0.1, -0.05) is 43.7 Å². The number of β-amino-alcohol motifs (C(OH)–C–C–N with tert-alkyl or cyclic N) is 1. The molecule has 4 atom stereocenters. The molecule has 0 aromatic heterocycles. The number of benzene rings is 1. The third-order valence-electron chi connectivity index (χ3n) is 6.50. The van der Waals surface area contributed by atoms with Crippen LogP contribution in [-0.4, -0.2) is 46.5 Å². The van der Waals surface area contributed by atoms with Gasteiger partial charge in [-0.3, -0.25) is 0 Å². The molecule has 3 heteroatoms. The first-order valence-electron chi connectivity index (χ1n) is 10.1. The van der Waals surface area contributed by atoms with E-state index in [0.29, 0.717) is 12.5 Å². The third kappa shape index (κ3) is 5.06. The van der Waals surface area contributed by atoms with E-state index in [-0.39, 0.29) is 12.0 Å². The van der Waals surface area contributed by atoms with Crippen LogP contribution in [0.1, 0.15) is 51.5 Å². The van der Waals surface area contributed by atoms with Gasteiger partial charge in [0.25, 0.3) is 0 Å². The second-order valence-corrected chi connectivity index (χ2v) is 8.86. The summed E-state index contributed by atoms with van der Waals surface area (Å²) in [6, 6.07) is 10.8. The Labute approximate surface area is 153 Å². The van der Waals surface area contributed by atoms with E-state index in [9.17, 15) is 10.2 Å². The number of hydrogen-bond acceptors (Lipinski definition) is 3. The van der Waals surface area contributed by atoms with Gasteiger partial charge >= 0.3 is 0 Å². The van der Waals surface area contributed by atoms with Gasteiger partial charge in [0, 0.05) is 12.5 Å². The lowest BCUT2D eigenvalue weighted by atomic mass is 9.72. The maximum absolute atomic E-state index is 11.0. The number of hydrogen-bond donors (Lipinski definition) is 2. The highest BCUT2D eigenvalue weighted by molar-refractivity contribution is 5.15. The fourth-order valence-corrected chi connectivity index (χ4v) is 4.94. The van der Waals surface area contributed by atoms with Gasteiger partial charge < -0.3 is 15.1 Å². The molecule has 0 bridgehead atoms. The van der Waals surface area contributed by atoms with Crippen molar-refractivity contribution < 1.29 is 10.2 Å². The first kappa shape index (κ1) is 18.9. The molecule has 1 heterocycles. The predicted octanol–water partition coefficient (Wildman–Crippen LogP) is 3.49. The maximum atomic E-state index is 11.0. The van der Waals surface area contributed by atoms with Crippen LogP contribution >= 0.6 is 0 Å². The third-order valence-corrected chi connectivity index (χ3v) is 6.50. The lowest BCUT2D eigenvalue weighted by Crippen LogP contribution is -2.53. The minimum Gasteiger partial charge on any atom is -0.393 e. The minimum absolute atomic E-state index is 0.0192. The monoisotopic (exact) mass is 345 g/mol. The Morgan fingerprint density at radius 2 is 1.76 bits per heavy atom. The van der Waals surface area contributed by atoms with Crippen LogP contribution in [0.5, 0.6) is 0 Å². The molecular weight excluding hydrogens is 310 g/mol. The van der Waals surface area contributed by atoms with Gasteiger partial charge in [0.15, 0.2) is 0 Å². The van der Waals surface area contributed by atoms with Gasteiger partial charge in [0.2, 0.25) is 0 Å². The van der Waals surface area contributed by atoms with E-state index in [1.165, 1.54) is 24.8 Å². The van der Waals surface area contributed by atoms with Gasteiger partial charge in [0.05, 0.1) is 11.7 Å². The Hall–Kier alpha value is -0.900. The molecule has 1 aliphatic carbocycles.